The lowest BCUT2D eigenvalue weighted by atomic mass is 9.95. The molecular weight excluding hydrogens is 364 g/mol. The zero-order valence-corrected chi connectivity index (χ0v) is 17.9. The maximum Gasteiger partial charge on any atom is 0.209 e. The Hall–Kier alpha value is -2.15. The number of ether oxygens (including phenoxy) is 1. The number of piperazine rings is 1. The lowest BCUT2D eigenvalue weighted by Crippen LogP contribution is -3.15. The molecule has 0 unspecified atom stereocenters. The molecule has 158 valence electrons. The molecule has 1 aromatic carbocycles. The Morgan fingerprint density at radius 3 is 2.69 bits per heavy atom. The van der Waals surface area contributed by atoms with Crippen molar-refractivity contribution in [2.75, 3.05) is 38.2 Å². The van der Waals surface area contributed by atoms with Gasteiger partial charge in [0.2, 0.25) is 5.82 Å². The Labute approximate surface area is 174 Å². The van der Waals surface area contributed by atoms with Crippen molar-refractivity contribution in [1.82, 2.24) is 20.2 Å². The van der Waals surface area contributed by atoms with Crippen LogP contribution in [0.3, 0.4) is 0 Å². The molecule has 1 aromatic heterocycles. The molecule has 1 aliphatic heterocycles. The normalized spacial score (nSPS) is 20.0. The van der Waals surface area contributed by atoms with E-state index in [0.29, 0.717) is 12.1 Å². The molecular formula is C22H35N6O+. The lowest BCUT2D eigenvalue weighted by Gasteiger charge is -2.37. The fourth-order valence-corrected chi connectivity index (χ4v) is 5.03. The van der Waals surface area contributed by atoms with E-state index in [2.05, 4.69) is 50.2 Å². The van der Waals surface area contributed by atoms with Crippen molar-refractivity contribution in [3.63, 3.8) is 0 Å². The van der Waals surface area contributed by atoms with Crippen LogP contribution in [0.25, 0.3) is 0 Å². The predicted octanol–water partition coefficient (Wildman–Crippen LogP) is 2.43. The van der Waals surface area contributed by atoms with Crippen molar-refractivity contribution in [1.29, 1.82) is 0 Å². The van der Waals surface area contributed by atoms with Gasteiger partial charge < -0.3 is 14.5 Å². The summed E-state index contributed by atoms with van der Waals surface area (Å²) in [6, 6.07) is 9.28. The van der Waals surface area contributed by atoms with Crippen molar-refractivity contribution >= 4 is 5.69 Å². The number of nitrogens with one attached hydrogen (secondary N) is 1. The molecule has 2 aliphatic rings. The Balaban J connectivity index is 1.46. The van der Waals surface area contributed by atoms with Gasteiger partial charge in [0.15, 0.2) is 0 Å². The number of anilines is 1. The molecule has 1 atom stereocenters. The van der Waals surface area contributed by atoms with E-state index in [9.17, 15) is 0 Å². The first-order valence-electron chi connectivity index (χ1n) is 11.3. The minimum absolute atomic E-state index is 0.393. The number of rotatable bonds is 7. The summed E-state index contributed by atoms with van der Waals surface area (Å²) in [5.74, 6) is 2.04. The highest BCUT2D eigenvalue weighted by Gasteiger charge is 2.34. The quantitative estimate of drug-likeness (QED) is 0.775. The van der Waals surface area contributed by atoms with Gasteiger partial charge in [-0.05, 0) is 35.4 Å². The van der Waals surface area contributed by atoms with Gasteiger partial charge in [-0.2, -0.15) is 0 Å². The standard InChI is InChI=1S/C22H34N6O/c1-3-8-21(22-23-24-25-28(22)18-9-5-4-6-10-18)27-15-13-26(14-16-27)19-11-7-12-20(17-19)29-2/h7,11-12,17-18,21H,3-6,8-10,13-16H2,1-2H3/p+1/t21-/m1/s1. The Bertz CT molecular complexity index is 764. The van der Waals surface area contributed by atoms with Crippen molar-refractivity contribution in [2.24, 2.45) is 0 Å². The summed E-state index contributed by atoms with van der Waals surface area (Å²) in [5.41, 5.74) is 1.25. The lowest BCUT2D eigenvalue weighted by molar-refractivity contribution is -0.933. The first kappa shape index (κ1) is 20.1. The third-order valence-electron chi connectivity index (χ3n) is 6.64. The van der Waals surface area contributed by atoms with Gasteiger partial charge >= 0.3 is 0 Å². The van der Waals surface area contributed by atoms with Crippen molar-refractivity contribution < 1.29 is 9.64 Å². The molecule has 1 aliphatic carbocycles. The van der Waals surface area contributed by atoms with Crippen LogP contribution in [0, 0.1) is 0 Å². The molecule has 1 saturated carbocycles. The summed E-state index contributed by atoms with van der Waals surface area (Å²) >= 11 is 0. The van der Waals surface area contributed by atoms with Crippen LogP contribution < -0.4 is 14.5 Å². The van der Waals surface area contributed by atoms with E-state index in [0.717, 1.165) is 50.6 Å². The second-order valence-corrected chi connectivity index (χ2v) is 8.46. The summed E-state index contributed by atoms with van der Waals surface area (Å²) in [6.45, 7) is 6.59. The van der Waals surface area contributed by atoms with Crippen LogP contribution in [0.5, 0.6) is 5.75 Å². The van der Waals surface area contributed by atoms with Crippen LogP contribution in [-0.4, -0.2) is 53.5 Å². The first-order chi connectivity index (χ1) is 14.3. The summed E-state index contributed by atoms with van der Waals surface area (Å²) in [5, 5.41) is 13.1. The number of hydrogen-bond donors (Lipinski definition) is 1. The van der Waals surface area contributed by atoms with Crippen LogP contribution in [0.15, 0.2) is 24.3 Å². The molecule has 7 nitrogen and oxygen atoms in total. The number of aromatic nitrogens is 4. The maximum atomic E-state index is 5.40. The molecule has 7 heteroatoms. The van der Waals surface area contributed by atoms with E-state index in [1.54, 1.807) is 12.0 Å². The Morgan fingerprint density at radius 2 is 1.97 bits per heavy atom. The van der Waals surface area contributed by atoms with Crippen LogP contribution in [0.4, 0.5) is 5.69 Å². The molecule has 4 rings (SSSR count). The molecule has 0 bridgehead atoms. The van der Waals surface area contributed by atoms with E-state index in [1.807, 2.05) is 6.07 Å². The zero-order chi connectivity index (χ0) is 20.1. The van der Waals surface area contributed by atoms with Crippen LogP contribution in [0.1, 0.15) is 69.8 Å². The summed E-state index contributed by atoms with van der Waals surface area (Å²) in [7, 11) is 1.73. The van der Waals surface area contributed by atoms with Gasteiger partial charge in [0.25, 0.3) is 0 Å². The minimum atomic E-state index is 0.393. The van der Waals surface area contributed by atoms with Gasteiger partial charge in [-0.3, -0.25) is 0 Å². The van der Waals surface area contributed by atoms with Crippen molar-refractivity contribution in [3.8, 4) is 5.75 Å². The third-order valence-corrected chi connectivity index (χ3v) is 6.64. The number of methoxy groups -OCH3 is 1. The topological polar surface area (TPSA) is 60.5 Å². The average Bonchev–Trinajstić information content (AvgIpc) is 3.28. The SMILES string of the molecule is CCC[C@H](c1nnnn1C1CCCCC1)[NH+]1CCN(c2cccc(OC)c2)CC1. The fraction of sp³-hybridized carbons (Fsp3) is 0.682. The van der Waals surface area contributed by atoms with Crippen molar-refractivity contribution in [2.45, 2.75) is 64.0 Å². The number of hydrogen-bond acceptors (Lipinski definition) is 5. The van der Waals surface area contributed by atoms with E-state index in [1.165, 1.54) is 37.8 Å². The number of benzene rings is 1. The number of tetrazole rings is 1. The predicted molar refractivity (Wildman–Crippen MR) is 113 cm³/mol. The minimum Gasteiger partial charge on any atom is -0.497 e. The third kappa shape index (κ3) is 4.55. The Kier molecular flexibility index (Phi) is 6.64. The van der Waals surface area contributed by atoms with E-state index in [4.69, 9.17) is 4.74 Å². The second-order valence-electron chi connectivity index (χ2n) is 8.46. The molecule has 2 fully saturated rings. The first-order valence-corrected chi connectivity index (χ1v) is 11.3. The molecule has 29 heavy (non-hydrogen) atoms. The highest BCUT2D eigenvalue weighted by Crippen LogP contribution is 2.29. The van der Waals surface area contributed by atoms with Crippen LogP contribution in [0.2, 0.25) is 0 Å². The van der Waals surface area contributed by atoms with Gasteiger partial charge in [-0.1, -0.05) is 38.7 Å². The highest BCUT2D eigenvalue weighted by atomic mass is 16.5. The highest BCUT2D eigenvalue weighted by molar-refractivity contribution is 5.50. The Morgan fingerprint density at radius 1 is 1.17 bits per heavy atom. The van der Waals surface area contributed by atoms with E-state index < -0.39 is 0 Å². The monoisotopic (exact) mass is 399 g/mol. The van der Waals surface area contributed by atoms with Crippen LogP contribution >= 0.6 is 0 Å². The molecule has 2 heterocycles. The van der Waals surface area contributed by atoms with Gasteiger partial charge in [-0.25, -0.2) is 4.68 Å². The summed E-state index contributed by atoms with van der Waals surface area (Å²) < 4.78 is 7.58. The van der Waals surface area contributed by atoms with E-state index >= 15 is 0 Å². The molecule has 1 saturated heterocycles. The smallest absolute Gasteiger partial charge is 0.209 e. The number of nitrogens with zero attached hydrogens (tertiary/aromatic N) is 5. The summed E-state index contributed by atoms with van der Waals surface area (Å²) in [4.78, 5) is 4.09. The molecule has 0 spiro atoms. The maximum absolute atomic E-state index is 5.40. The van der Waals surface area contributed by atoms with Gasteiger partial charge in [0.1, 0.15) is 11.8 Å². The van der Waals surface area contributed by atoms with Crippen LogP contribution in [-0.2, 0) is 0 Å². The molecule has 0 radical (unpaired) electrons. The summed E-state index contributed by atoms with van der Waals surface area (Å²) in [6.07, 6.45) is 8.69. The molecule has 0 amide bonds. The molecule has 2 aromatic rings. The van der Waals surface area contributed by atoms with Gasteiger partial charge in [-0.15, -0.1) is 5.10 Å². The van der Waals surface area contributed by atoms with Gasteiger partial charge in [0, 0.05) is 18.2 Å². The second kappa shape index (κ2) is 9.57. The number of quaternary nitrogens is 1. The molecule has 1 N–H and O–H groups in total. The average molecular weight is 400 g/mol. The fourth-order valence-electron chi connectivity index (χ4n) is 5.03. The van der Waals surface area contributed by atoms with E-state index in [-0.39, 0.29) is 0 Å². The zero-order valence-electron chi connectivity index (χ0n) is 17.9. The van der Waals surface area contributed by atoms with Crippen molar-refractivity contribution in [3.05, 3.63) is 30.1 Å². The largest absolute Gasteiger partial charge is 0.497 e. The van der Waals surface area contributed by atoms with Gasteiger partial charge in [0.05, 0.1) is 39.3 Å².